The maximum Gasteiger partial charge on any atom is 0.119 e. The number of hydrogen-bond acceptors (Lipinski definition) is 2. The molecule has 4 heteroatoms. The number of halogens is 2. The summed E-state index contributed by atoms with van der Waals surface area (Å²) in [6.45, 7) is 0. The molecule has 3 rings (SSSR count). The summed E-state index contributed by atoms with van der Waals surface area (Å²) in [6.07, 6.45) is 0. The van der Waals surface area contributed by atoms with Gasteiger partial charge in [-0.3, -0.25) is 0 Å². The number of methoxy groups -OCH3 is 1. The van der Waals surface area contributed by atoms with Gasteiger partial charge in [0.15, 0.2) is 0 Å². The van der Waals surface area contributed by atoms with Gasteiger partial charge in [-0.2, -0.15) is 0 Å². The fourth-order valence-electron chi connectivity index (χ4n) is 1.99. The Hall–Kier alpha value is -1.51. The summed E-state index contributed by atoms with van der Waals surface area (Å²) < 4.78 is 5.20. The zero-order chi connectivity index (χ0) is 12.7. The molecule has 2 nitrogen and oxygen atoms in total. The Balaban J connectivity index is 2.48. The number of aromatic nitrogens is 1. The number of hydrogen-bond donors (Lipinski definition) is 0. The van der Waals surface area contributed by atoms with Crippen LogP contribution in [0.15, 0.2) is 36.4 Å². The zero-order valence-electron chi connectivity index (χ0n) is 9.58. The average Bonchev–Trinajstić information content (AvgIpc) is 2.40. The molecule has 0 aliphatic heterocycles. The van der Waals surface area contributed by atoms with Gasteiger partial charge >= 0.3 is 0 Å². The molecular formula is C14H9Cl2NO. The molecule has 0 spiro atoms. The van der Waals surface area contributed by atoms with Crippen molar-refractivity contribution in [3.05, 3.63) is 46.4 Å². The van der Waals surface area contributed by atoms with Crippen LogP contribution < -0.4 is 4.74 Å². The smallest absolute Gasteiger partial charge is 0.119 e. The predicted molar refractivity (Wildman–Crippen MR) is 75.8 cm³/mol. The monoisotopic (exact) mass is 277 g/mol. The molecule has 1 aromatic heterocycles. The fraction of sp³-hybridized carbons (Fsp3) is 0.0714. The van der Waals surface area contributed by atoms with Crippen molar-refractivity contribution in [2.75, 3.05) is 7.11 Å². The van der Waals surface area contributed by atoms with Crippen molar-refractivity contribution >= 4 is 45.0 Å². The van der Waals surface area contributed by atoms with Crippen molar-refractivity contribution in [1.29, 1.82) is 0 Å². The molecule has 0 aliphatic carbocycles. The molecule has 0 bridgehead atoms. The third kappa shape index (κ3) is 1.69. The van der Waals surface area contributed by atoms with E-state index in [1.165, 1.54) is 0 Å². The number of rotatable bonds is 1. The van der Waals surface area contributed by atoms with Crippen molar-refractivity contribution in [1.82, 2.24) is 4.98 Å². The Morgan fingerprint density at radius 1 is 1.06 bits per heavy atom. The maximum absolute atomic E-state index is 6.42. The average molecular weight is 278 g/mol. The Kier molecular flexibility index (Phi) is 2.77. The number of ether oxygens (including phenoxy) is 1. The topological polar surface area (TPSA) is 22.1 Å². The normalized spacial score (nSPS) is 11.1. The Bertz CT molecular complexity index is 755. The summed E-state index contributed by atoms with van der Waals surface area (Å²) in [5.41, 5.74) is 1.53. The van der Waals surface area contributed by atoms with Gasteiger partial charge < -0.3 is 4.74 Å². The third-order valence-corrected chi connectivity index (χ3v) is 3.61. The van der Waals surface area contributed by atoms with Gasteiger partial charge in [0, 0.05) is 10.8 Å². The highest BCUT2D eigenvalue weighted by Gasteiger charge is 2.10. The van der Waals surface area contributed by atoms with E-state index in [0.717, 1.165) is 27.6 Å². The molecule has 0 fully saturated rings. The van der Waals surface area contributed by atoms with E-state index in [2.05, 4.69) is 4.98 Å². The van der Waals surface area contributed by atoms with Crippen LogP contribution in [-0.4, -0.2) is 12.1 Å². The predicted octanol–water partition coefficient (Wildman–Crippen LogP) is 4.70. The van der Waals surface area contributed by atoms with Crippen LogP contribution in [0.2, 0.25) is 10.0 Å². The summed E-state index contributed by atoms with van der Waals surface area (Å²) in [4.78, 5) is 4.54. The lowest BCUT2D eigenvalue weighted by Gasteiger charge is -2.08. The number of benzene rings is 2. The van der Waals surface area contributed by atoms with Crippen molar-refractivity contribution < 1.29 is 4.74 Å². The van der Waals surface area contributed by atoms with Gasteiger partial charge in [0.25, 0.3) is 0 Å². The molecule has 0 radical (unpaired) electrons. The van der Waals surface area contributed by atoms with Crippen LogP contribution in [0.3, 0.4) is 0 Å². The van der Waals surface area contributed by atoms with Crippen LogP contribution in [0.4, 0.5) is 0 Å². The quantitative estimate of drug-likeness (QED) is 0.602. The minimum atomic E-state index is 0.604. The molecule has 0 N–H and O–H groups in total. The Morgan fingerprint density at radius 3 is 2.67 bits per heavy atom. The minimum Gasteiger partial charge on any atom is -0.497 e. The molecule has 0 aliphatic rings. The Morgan fingerprint density at radius 2 is 1.89 bits per heavy atom. The second-order valence-corrected chi connectivity index (χ2v) is 4.73. The second-order valence-electron chi connectivity index (χ2n) is 3.94. The first kappa shape index (κ1) is 11.6. The van der Waals surface area contributed by atoms with Gasteiger partial charge in [-0.05, 0) is 24.3 Å². The van der Waals surface area contributed by atoms with Crippen molar-refractivity contribution in [2.45, 2.75) is 0 Å². The first-order valence-electron chi connectivity index (χ1n) is 5.42. The Labute approximate surface area is 114 Å². The lowest BCUT2D eigenvalue weighted by Crippen LogP contribution is -1.88. The molecule has 0 saturated heterocycles. The van der Waals surface area contributed by atoms with E-state index in [1.54, 1.807) is 7.11 Å². The molecule has 90 valence electrons. The number of para-hydroxylation sites is 1. The summed E-state index contributed by atoms with van der Waals surface area (Å²) in [6, 6.07) is 11.2. The van der Waals surface area contributed by atoms with Crippen molar-refractivity contribution in [3.63, 3.8) is 0 Å². The van der Waals surface area contributed by atoms with Gasteiger partial charge in [-0.25, -0.2) is 4.98 Å². The highest BCUT2D eigenvalue weighted by Crippen LogP contribution is 2.34. The van der Waals surface area contributed by atoms with Gasteiger partial charge in [0.1, 0.15) is 5.75 Å². The number of fused-ring (bicyclic) bond motifs is 2. The fourth-order valence-corrected chi connectivity index (χ4v) is 2.51. The molecule has 18 heavy (non-hydrogen) atoms. The second kappa shape index (κ2) is 4.30. The molecule has 0 atom stereocenters. The molecule has 3 aromatic rings. The third-order valence-electron chi connectivity index (χ3n) is 2.90. The number of nitrogens with zero attached hydrogens (tertiary/aromatic N) is 1. The number of pyridine rings is 1. The van der Waals surface area contributed by atoms with Crippen molar-refractivity contribution in [2.24, 2.45) is 0 Å². The SMILES string of the molecule is COc1ccc2nc3c(Cl)cccc3c(Cl)c2c1. The van der Waals surface area contributed by atoms with E-state index >= 15 is 0 Å². The van der Waals surface area contributed by atoms with E-state index in [-0.39, 0.29) is 0 Å². The van der Waals surface area contributed by atoms with Crippen LogP contribution in [0.25, 0.3) is 21.8 Å². The summed E-state index contributed by atoms with van der Waals surface area (Å²) >= 11 is 12.6. The maximum atomic E-state index is 6.42. The van der Waals surface area contributed by atoms with E-state index in [9.17, 15) is 0 Å². The minimum absolute atomic E-state index is 0.604. The molecule has 0 saturated carbocycles. The van der Waals surface area contributed by atoms with Gasteiger partial charge in [0.05, 0.1) is 28.2 Å². The highest BCUT2D eigenvalue weighted by atomic mass is 35.5. The van der Waals surface area contributed by atoms with Crippen LogP contribution in [0, 0.1) is 0 Å². The summed E-state index contributed by atoms with van der Waals surface area (Å²) in [5, 5.41) is 2.97. The van der Waals surface area contributed by atoms with Crippen molar-refractivity contribution in [3.8, 4) is 5.75 Å². The van der Waals surface area contributed by atoms with E-state index in [0.29, 0.717) is 10.0 Å². The standard InChI is InChI=1S/C14H9Cl2NO/c1-18-8-5-6-12-10(7-8)13(16)9-3-2-4-11(15)14(9)17-12/h2-7H,1H3. The first-order valence-corrected chi connectivity index (χ1v) is 6.18. The van der Waals surface area contributed by atoms with Gasteiger partial charge in [0.2, 0.25) is 0 Å². The van der Waals surface area contributed by atoms with Gasteiger partial charge in [-0.15, -0.1) is 0 Å². The van der Waals surface area contributed by atoms with Crippen LogP contribution >= 0.6 is 23.2 Å². The summed E-state index contributed by atoms with van der Waals surface area (Å²) in [7, 11) is 1.63. The van der Waals surface area contributed by atoms with E-state index < -0.39 is 0 Å². The van der Waals surface area contributed by atoms with Crippen LogP contribution in [-0.2, 0) is 0 Å². The lowest BCUT2D eigenvalue weighted by atomic mass is 10.1. The van der Waals surface area contributed by atoms with E-state index in [1.807, 2.05) is 36.4 Å². The molecule has 2 aromatic carbocycles. The first-order chi connectivity index (χ1) is 8.70. The molecular weight excluding hydrogens is 269 g/mol. The molecule has 0 unspecified atom stereocenters. The lowest BCUT2D eigenvalue weighted by molar-refractivity contribution is 0.415. The highest BCUT2D eigenvalue weighted by molar-refractivity contribution is 6.42. The zero-order valence-corrected chi connectivity index (χ0v) is 11.1. The molecule has 0 amide bonds. The summed E-state index contributed by atoms with van der Waals surface area (Å²) in [5.74, 6) is 0.757. The largest absolute Gasteiger partial charge is 0.497 e. The van der Waals surface area contributed by atoms with Gasteiger partial charge in [-0.1, -0.05) is 35.3 Å². The van der Waals surface area contributed by atoms with Crippen LogP contribution in [0.5, 0.6) is 5.75 Å². The van der Waals surface area contributed by atoms with E-state index in [4.69, 9.17) is 27.9 Å². The van der Waals surface area contributed by atoms with Crippen LogP contribution in [0.1, 0.15) is 0 Å². The molecule has 1 heterocycles.